The van der Waals surface area contributed by atoms with Crippen molar-refractivity contribution in [2.45, 2.75) is 33.7 Å². The van der Waals surface area contributed by atoms with Crippen molar-refractivity contribution >= 4 is 21.6 Å². The minimum Gasteiger partial charge on any atom is -0.378 e. The Hall–Kier alpha value is -1.35. The van der Waals surface area contributed by atoms with E-state index in [1.165, 1.54) is 22.8 Å². The topological polar surface area (TPSA) is 12.0 Å². The molecule has 0 spiro atoms. The van der Waals surface area contributed by atoms with Crippen LogP contribution in [0.2, 0.25) is 0 Å². The van der Waals surface area contributed by atoms with Gasteiger partial charge in [-0.05, 0) is 78.0 Å². The van der Waals surface area contributed by atoms with Gasteiger partial charge in [0.05, 0.1) is 4.47 Å². The van der Waals surface area contributed by atoms with Crippen LogP contribution in [0.5, 0.6) is 0 Å². The summed E-state index contributed by atoms with van der Waals surface area (Å²) in [7, 11) is 0. The smallest absolute Gasteiger partial charge is 0.139 e. The van der Waals surface area contributed by atoms with Crippen molar-refractivity contribution in [2.24, 2.45) is 0 Å². The summed E-state index contributed by atoms with van der Waals surface area (Å²) in [4.78, 5) is 0. The quantitative estimate of drug-likeness (QED) is 0.760. The maximum Gasteiger partial charge on any atom is 0.139 e. The Balaban J connectivity index is 2.25. The molecule has 0 fully saturated rings. The minimum absolute atomic E-state index is 0.133. The van der Waals surface area contributed by atoms with Crippen molar-refractivity contribution in [3.8, 4) is 0 Å². The predicted molar refractivity (Wildman–Crippen MR) is 86.8 cm³/mol. The van der Waals surface area contributed by atoms with Gasteiger partial charge < -0.3 is 5.32 Å². The number of nitrogens with one attached hydrogen (secondary N) is 1. The fraction of sp³-hybridized carbons (Fsp3) is 0.294. The van der Waals surface area contributed by atoms with Crippen molar-refractivity contribution in [1.82, 2.24) is 0 Å². The molecule has 0 aliphatic heterocycles. The van der Waals surface area contributed by atoms with Gasteiger partial charge in [0.2, 0.25) is 0 Å². The van der Waals surface area contributed by atoms with E-state index in [0.717, 1.165) is 11.3 Å². The molecule has 0 amide bonds. The third-order valence-electron chi connectivity index (χ3n) is 3.67. The first-order chi connectivity index (χ1) is 9.38. The van der Waals surface area contributed by atoms with Gasteiger partial charge in [0, 0.05) is 11.7 Å². The molecule has 1 atom stereocenters. The van der Waals surface area contributed by atoms with Crippen molar-refractivity contribution < 1.29 is 4.39 Å². The Kier molecular flexibility index (Phi) is 4.48. The fourth-order valence-electron chi connectivity index (χ4n) is 2.15. The number of halogens is 2. The monoisotopic (exact) mass is 335 g/mol. The summed E-state index contributed by atoms with van der Waals surface area (Å²) in [6.07, 6.45) is 0. The van der Waals surface area contributed by atoms with Crippen LogP contribution in [0.25, 0.3) is 0 Å². The number of aryl methyl sites for hydroxylation is 3. The molecule has 2 aromatic rings. The molecule has 0 aliphatic rings. The summed E-state index contributed by atoms with van der Waals surface area (Å²) in [5.74, 6) is -0.245. The maximum atomic E-state index is 13.6. The Labute approximate surface area is 128 Å². The minimum atomic E-state index is -0.245. The summed E-state index contributed by atoms with van der Waals surface area (Å²) >= 11 is 3.21. The van der Waals surface area contributed by atoms with Crippen molar-refractivity contribution in [1.29, 1.82) is 0 Å². The zero-order valence-electron chi connectivity index (χ0n) is 12.2. The molecule has 0 aromatic heterocycles. The number of hydrogen-bond acceptors (Lipinski definition) is 1. The van der Waals surface area contributed by atoms with Crippen LogP contribution >= 0.6 is 15.9 Å². The Morgan fingerprint density at radius 3 is 2.35 bits per heavy atom. The van der Waals surface area contributed by atoms with Gasteiger partial charge in [-0.15, -0.1) is 0 Å². The molecule has 1 nitrogen and oxygen atoms in total. The molecule has 1 N–H and O–H groups in total. The van der Waals surface area contributed by atoms with Gasteiger partial charge in [0.25, 0.3) is 0 Å². The van der Waals surface area contributed by atoms with E-state index in [4.69, 9.17) is 0 Å². The lowest BCUT2D eigenvalue weighted by Crippen LogP contribution is -2.08. The van der Waals surface area contributed by atoms with Gasteiger partial charge in [-0.1, -0.05) is 18.2 Å². The summed E-state index contributed by atoms with van der Waals surface area (Å²) in [5, 5.41) is 3.38. The average Bonchev–Trinajstić information content (AvgIpc) is 2.39. The second-order valence-corrected chi connectivity index (χ2v) is 6.15. The first-order valence-corrected chi connectivity index (χ1v) is 7.47. The molecule has 106 valence electrons. The Morgan fingerprint density at radius 2 is 1.70 bits per heavy atom. The highest BCUT2D eigenvalue weighted by Crippen LogP contribution is 2.27. The van der Waals surface area contributed by atoms with Crippen LogP contribution in [0, 0.1) is 26.6 Å². The van der Waals surface area contributed by atoms with E-state index < -0.39 is 0 Å². The van der Waals surface area contributed by atoms with Crippen LogP contribution in [-0.2, 0) is 0 Å². The third kappa shape index (κ3) is 3.21. The largest absolute Gasteiger partial charge is 0.378 e. The van der Waals surface area contributed by atoms with Gasteiger partial charge >= 0.3 is 0 Å². The second-order valence-electron chi connectivity index (χ2n) is 5.29. The zero-order chi connectivity index (χ0) is 14.9. The average molecular weight is 336 g/mol. The predicted octanol–water partition coefficient (Wildman–Crippen LogP) is 5.69. The molecule has 1 unspecified atom stereocenters. The molecule has 20 heavy (non-hydrogen) atoms. The van der Waals surface area contributed by atoms with Crippen LogP contribution in [0.3, 0.4) is 0 Å². The molecule has 2 rings (SSSR count). The van der Waals surface area contributed by atoms with Gasteiger partial charge in [-0.2, -0.15) is 0 Å². The van der Waals surface area contributed by atoms with E-state index in [9.17, 15) is 4.39 Å². The lowest BCUT2D eigenvalue weighted by Gasteiger charge is -2.19. The SMILES string of the molecule is Cc1ccc(C(C)Nc2cc(F)c(Br)cc2C)cc1C. The summed E-state index contributed by atoms with van der Waals surface area (Å²) in [6, 6.07) is 9.88. The Morgan fingerprint density at radius 1 is 1.00 bits per heavy atom. The van der Waals surface area contributed by atoms with Crippen LogP contribution < -0.4 is 5.32 Å². The number of benzene rings is 2. The standard InChI is InChI=1S/C17H19BrFN/c1-10-5-6-14(7-11(10)2)13(4)20-17-9-16(19)15(18)8-12(17)3/h5-9,13,20H,1-4H3. The normalized spacial score (nSPS) is 12.3. The van der Waals surface area contributed by atoms with Crippen molar-refractivity contribution in [2.75, 3.05) is 5.32 Å². The first kappa shape index (κ1) is 15.0. The van der Waals surface area contributed by atoms with Gasteiger partial charge in [0.15, 0.2) is 0 Å². The molecule has 0 heterocycles. The summed E-state index contributed by atoms with van der Waals surface area (Å²) < 4.78 is 14.1. The molecule has 3 heteroatoms. The van der Waals surface area contributed by atoms with Crippen LogP contribution in [-0.4, -0.2) is 0 Å². The van der Waals surface area contributed by atoms with Crippen LogP contribution in [0.4, 0.5) is 10.1 Å². The molecular weight excluding hydrogens is 317 g/mol. The zero-order valence-corrected chi connectivity index (χ0v) is 13.8. The van der Waals surface area contributed by atoms with E-state index in [-0.39, 0.29) is 11.9 Å². The molecular formula is C17H19BrFN. The van der Waals surface area contributed by atoms with E-state index in [1.807, 2.05) is 6.92 Å². The maximum absolute atomic E-state index is 13.6. The van der Waals surface area contributed by atoms with Crippen molar-refractivity contribution in [3.05, 3.63) is 62.9 Å². The molecule has 0 saturated heterocycles. The van der Waals surface area contributed by atoms with Gasteiger partial charge in [0.1, 0.15) is 5.82 Å². The molecule has 0 bridgehead atoms. The fourth-order valence-corrected chi connectivity index (χ4v) is 2.61. The highest BCUT2D eigenvalue weighted by atomic mass is 79.9. The first-order valence-electron chi connectivity index (χ1n) is 6.68. The van der Waals surface area contributed by atoms with Crippen LogP contribution in [0.15, 0.2) is 34.8 Å². The molecule has 0 aliphatic carbocycles. The highest BCUT2D eigenvalue weighted by Gasteiger charge is 2.10. The van der Waals surface area contributed by atoms with Gasteiger partial charge in [-0.3, -0.25) is 0 Å². The van der Waals surface area contributed by atoms with E-state index in [1.54, 1.807) is 6.07 Å². The number of hydrogen-bond donors (Lipinski definition) is 1. The molecule has 2 aromatic carbocycles. The molecule has 0 radical (unpaired) electrons. The lowest BCUT2D eigenvalue weighted by atomic mass is 10.0. The summed E-state index contributed by atoms with van der Waals surface area (Å²) in [6.45, 7) is 8.27. The number of anilines is 1. The third-order valence-corrected chi connectivity index (χ3v) is 4.28. The van der Waals surface area contributed by atoms with Gasteiger partial charge in [-0.25, -0.2) is 4.39 Å². The van der Waals surface area contributed by atoms with Crippen LogP contribution in [0.1, 0.15) is 35.2 Å². The lowest BCUT2D eigenvalue weighted by molar-refractivity contribution is 0.620. The van der Waals surface area contributed by atoms with E-state index >= 15 is 0 Å². The molecule has 0 saturated carbocycles. The van der Waals surface area contributed by atoms with E-state index in [0.29, 0.717) is 4.47 Å². The number of rotatable bonds is 3. The summed E-state index contributed by atoms with van der Waals surface area (Å²) in [5.41, 5.74) is 5.61. The highest BCUT2D eigenvalue weighted by molar-refractivity contribution is 9.10. The van der Waals surface area contributed by atoms with E-state index in [2.05, 4.69) is 60.2 Å². The second kappa shape index (κ2) is 5.96. The Bertz CT molecular complexity index is 637. The van der Waals surface area contributed by atoms with Crippen molar-refractivity contribution in [3.63, 3.8) is 0 Å².